The van der Waals surface area contributed by atoms with Crippen molar-refractivity contribution in [1.82, 2.24) is 4.98 Å². The number of hydrogen-bond donors (Lipinski definition) is 1. The number of nitrogens with one attached hydrogen (secondary N) is 1. The van der Waals surface area contributed by atoms with Crippen molar-refractivity contribution in [3.05, 3.63) is 45.0 Å². The number of carbonyl (C=O) groups is 1. The number of thiazole rings is 1. The molecule has 0 radical (unpaired) electrons. The summed E-state index contributed by atoms with van der Waals surface area (Å²) in [5.41, 5.74) is 0.943. The number of nitro groups is 1. The third-order valence-electron chi connectivity index (χ3n) is 2.89. The molecule has 1 amide bonds. The first kappa shape index (κ1) is 15.9. The molecule has 0 aliphatic heterocycles. The maximum Gasteiger partial charge on any atom is 0.269 e. The predicted octanol–water partition coefficient (Wildman–Crippen LogP) is 2.94. The second-order valence-electron chi connectivity index (χ2n) is 4.46. The van der Waals surface area contributed by atoms with Crippen molar-refractivity contribution in [3.63, 3.8) is 0 Å². The Morgan fingerprint density at radius 2 is 2.09 bits per heavy atom. The number of ether oxygens (including phenoxy) is 1. The van der Waals surface area contributed by atoms with Crippen LogP contribution in [0.5, 0.6) is 5.75 Å². The maximum atomic E-state index is 11.8. The normalized spacial score (nSPS) is 10.3. The van der Waals surface area contributed by atoms with E-state index in [1.54, 1.807) is 0 Å². The summed E-state index contributed by atoms with van der Waals surface area (Å²) >= 11 is 1.42. The number of anilines is 1. The Balaban J connectivity index is 1.88. The first-order chi connectivity index (χ1) is 10.5. The summed E-state index contributed by atoms with van der Waals surface area (Å²) in [5.74, 6) is 0.0695. The highest BCUT2D eigenvalue weighted by Gasteiger charge is 2.10. The summed E-state index contributed by atoms with van der Waals surface area (Å²) in [6.07, 6.45) is 0.817. The summed E-state index contributed by atoms with van der Waals surface area (Å²) in [5, 5.41) is 13.8. The summed E-state index contributed by atoms with van der Waals surface area (Å²) in [7, 11) is 0. The molecule has 7 nitrogen and oxygen atoms in total. The van der Waals surface area contributed by atoms with Gasteiger partial charge in [-0.1, -0.05) is 6.92 Å². The fourth-order valence-electron chi connectivity index (χ4n) is 1.78. The zero-order valence-electron chi connectivity index (χ0n) is 12.2. The molecule has 1 N–H and O–H groups in total. The molecule has 116 valence electrons. The summed E-state index contributed by atoms with van der Waals surface area (Å²) < 4.78 is 5.28. The zero-order chi connectivity index (χ0) is 16.1. The standard InChI is InChI=1S/C14H15N3O4S/c1-3-12-9(2)22-14(15-12)16-13(18)8-21-11-6-4-10(5-7-11)17(19)20/h4-7H,3,8H2,1-2H3,(H,15,16,18). The second-order valence-corrected chi connectivity index (χ2v) is 5.67. The van der Waals surface area contributed by atoms with Crippen molar-refractivity contribution in [1.29, 1.82) is 0 Å². The largest absolute Gasteiger partial charge is 0.484 e. The summed E-state index contributed by atoms with van der Waals surface area (Å²) in [6.45, 7) is 3.78. The molecule has 2 rings (SSSR count). The van der Waals surface area contributed by atoms with Gasteiger partial charge in [-0.3, -0.25) is 20.2 Å². The van der Waals surface area contributed by atoms with Gasteiger partial charge in [0.25, 0.3) is 11.6 Å². The molecule has 2 aromatic rings. The van der Waals surface area contributed by atoms with Crippen LogP contribution in [0.2, 0.25) is 0 Å². The lowest BCUT2D eigenvalue weighted by Gasteiger charge is -2.05. The Kier molecular flexibility index (Phi) is 5.05. The van der Waals surface area contributed by atoms with Crippen molar-refractivity contribution in [3.8, 4) is 5.75 Å². The summed E-state index contributed by atoms with van der Waals surface area (Å²) in [4.78, 5) is 27.2. The lowest BCUT2D eigenvalue weighted by atomic mass is 10.3. The quantitative estimate of drug-likeness (QED) is 0.652. The molecule has 0 unspecified atom stereocenters. The van der Waals surface area contributed by atoms with Crippen molar-refractivity contribution in [2.45, 2.75) is 20.3 Å². The van der Waals surface area contributed by atoms with Gasteiger partial charge in [0.1, 0.15) is 5.75 Å². The molecule has 22 heavy (non-hydrogen) atoms. The van der Waals surface area contributed by atoms with Crippen molar-refractivity contribution in [2.75, 3.05) is 11.9 Å². The van der Waals surface area contributed by atoms with Gasteiger partial charge in [0, 0.05) is 17.0 Å². The van der Waals surface area contributed by atoms with Crippen LogP contribution in [0.25, 0.3) is 0 Å². The lowest BCUT2D eigenvalue weighted by Crippen LogP contribution is -2.20. The van der Waals surface area contributed by atoms with E-state index in [0.717, 1.165) is 17.0 Å². The van der Waals surface area contributed by atoms with Crippen LogP contribution in [-0.2, 0) is 11.2 Å². The van der Waals surface area contributed by atoms with Gasteiger partial charge in [-0.05, 0) is 25.5 Å². The van der Waals surface area contributed by atoms with Gasteiger partial charge in [0.05, 0.1) is 10.6 Å². The minimum atomic E-state index is -0.493. The molecule has 0 saturated carbocycles. The molecule has 8 heteroatoms. The highest BCUT2D eigenvalue weighted by atomic mass is 32.1. The van der Waals surface area contributed by atoms with E-state index in [-0.39, 0.29) is 18.2 Å². The molecule has 0 atom stereocenters. The van der Waals surface area contributed by atoms with Gasteiger partial charge in [0.15, 0.2) is 11.7 Å². The molecule has 1 heterocycles. The molecule has 0 fully saturated rings. The maximum absolute atomic E-state index is 11.8. The number of benzene rings is 1. The van der Waals surface area contributed by atoms with Gasteiger partial charge in [-0.2, -0.15) is 0 Å². The highest BCUT2D eigenvalue weighted by Crippen LogP contribution is 2.22. The van der Waals surface area contributed by atoms with E-state index in [1.807, 2.05) is 13.8 Å². The average Bonchev–Trinajstić information content (AvgIpc) is 2.85. The van der Waals surface area contributed by atoms with Gasteiger partial charge in [-0.15, -0.1) is 11.3 Å². The fourth-order valence-corrected chi connectivity index (χ4v) is 2.70. The van der Waals surface area contributed by atoms with E-state index in [1.165, 1.54) is 35.6 Å². The third kappa shape index (κ3) is 4.01. The molecule has 0 aliphatic carbocycles. The minimum Gasteiger partial charge on any atom is -0.484 e. The van der Waals surface area contributed by atoms with E-state index < -0.39 is 4.92 Å². The van der Waals surface area contributed by atoms with Crippen LogP contribution in [0.15, 0.2) is 24.3 Å². The van der Waals surface area contributed by atoms with E-state index >= 15 is 0 Å². The summed E-state index contributed by atoms with van der Waals surface area (Å²) in [6, 6.07) is 5.55. The van der Waals surface area contributed by atoms with Crippen molar-refractivity contribution >= 4 is 28.1 Å². The topological polar surface area (TPSA) is 94.4 Å². The number of non-ortho nitro benzene ring substituents is 1. The van der Waals surface area contributed by atoms with Gasteiger partial charge < -0.3 is 4.74 Å². The van der Waals surface area contributed by atoms with Crippen LogP contribution in [0.3, 0.4) is 0 Å². The molecule has 1 aromatic heterocycles. The van der Waals surface area contributed by atoms with Crippen LogP contribution in [-0.4, -0.2) is 22.4 Å². The van der Waals surface area contributed by atoms with Gasteiger partial charge >= 0.3 is 0 Å². The smallest absolute Gasteiger partial charge is 0.269 e. The Morgan fingerprint density at radius 3 is 2.64 bits per heavy atom. The van der Waals surface area contributed by atoms with Crippen molar-refractivity contribution in [2.24, 2.45) is 0 Å². The SMILES string of the molecule is CCc1nc(NC(=O)COc2ccc([N+](=O)[O-])cc2)sc1C. The van der Waals surface area contributed by atoms with Gasteiger partial charge in [0.2, 0.25) is 0 Å². The van der Waals surface area contributed by atoms with E-state index in [4.69, 9.17) is 4.74 Å². The van der Waals surface area contributed by atoms with Crippen molar-refractivity contribution < 1.29 is 14.5 Å². The van der Waals surface area contributed by atoms with Crippen LogP contribution < -0.4 is 10.1 Å². The van der Waals surface area contributed by atoms with Gasteiger partial charge in [-0.25, -0.2) is 4.98 Å². The zero-order valence-corrected chi connectivity index (χ0v) is 13.0. The Hall–Kier alpha value is -2.48. The molecule has 0 saturated heterocycles. The molecule has 1 aromatic carbocycles. The van der Waals surface area contributed by atoms with Crippen LogP contribution in [0.1, 0.15) is 17.5 Å². The number of amides is 1. The number of nitrogens with zero attached hydrogens (tertiary/aromatic N) is 2. The molecular formula is C14H15N3O4S. The Bertz CT molecular complexity index is 682. The number of nitro benzene ring substituents is 1. The Morgan fingerprint density at radius 1 is 1.41 bits per heavy atom. The van der Waals surface area contributed by atoms with E-state index in [2.05, 4.69) is 10.3 Å². The first-order valence-electron chi connectivity index (χ1n) is 6.63. The number of carbonyl (C=O) groups excluding carboxylic acids is 1. The number of hydrogen-bond acceptors (Lipinski definition) is 6. The molecule has 0 bridgehead atoms. The second kappa shape index (κ2) is 6.99. The molecule has 0 spiro atoms. The monoisotopic (exact) mass is 321 g/mol. The highest BCUT2D eigenvalue weighted by molar-refractivity contribution is 7.15. The number of aromatic nitrogens is 1. The minimum absolute atomic E-state index is 0.0258. The van der Waals surface area contributed by atoms with E-state index in [0.29, 0.717) is 10.9 Å². The number of aryl methyl sites for hydroxylation is 2. The number of rotatable bonds is 6. The molecular weight excluding hydrogens is 306 g/mol. The average molecular weight is 321 g/mol. The fraction of sp³-hybridized carbons (Fsp3) is 0.286. The first-order valence-corrected chi connectivity index (χ1v) is 7.44. The predicted molar refractivity (Wildman–Crippen MR) is 83.5 cm³/mol. The lowest BCUT2D eigenvalue weighted by molar-refractivity contribution is -0.384. The Labute approximate surface area is 131 Å². The third-order valence-corrected chi connectivity index (χ3v) is 3.82. The van der Waals surface area contributed by atoms with E-state index in [9.17, 15) is 14.9 Å². The van der Waals surface area contributed by atoms with Crippen LogP contribution in [0.4, 0.5) is 10.8 Å². The molecule has 0 aliphatic rings. The van der Waals surface area contributed by atoms with Crippen LogP contribution >= 0.6 is 11.3 Å². The van der Waals surface area contributed by atoms with Crippen LogP contribution in [0, 0.1) is 17.0 Å².